The molecule has 100 valence electrons. The van der Waals surface area contributed by atoms with Gasteiger partial charge in [-0.2, -0.15) is 0 Å². The van der Waals surface area contributed by atoms with Gasteiger partial charge in [0, 0.05) is 23.2 Å². The molecule has 1 unspecified atom stereocenters. The number of aromatic hydroxyl groups is 1. The topological polar surface area (TPSA) is 60.8 Å². The zero-order valence-corrected chi connectivity index (χ0v) is 11.5. The maximum atomic E-state index is 11.4. The summed E-state index contributed by atoms with van der Waals surface area (Å²) in [4.78, 5) is 13.2. The molecule has 18 heavy (non-hydrogen) atoms. The first-order chi connectivity index (χ1) is 8.36. The number of ketones is 1. The van der Waals surface area contributed by atoms with E-state index < -0.39 is 0 Å². The summed E-state index contributed by atoms with van der Waals surface area (Å²) >= 11 is 5.93. The average molecular weight is 272 g/mol. The molecule has 0 aliphatic heterocycles. The van der Waals surface area contributed by atoms with Crippen molar-refractivity contribution in [3.63, 3.8) is 0 Å². The van der Waals surface area contributed by atoms with Gasteiger partial charge in [-0.25, -0.2) is 0 Å². The Morgan fingerprint density at radius 3 is 2.61 bits per heavy atom. The standard InChI is InChI=1S/C13H18ClNO3/c1-8(7-16)15(3)6-10-4-11(14)5-12(9(2)17)13(10)18/h4-5,8,16,18H,6-7H2,1-3H3. The number of aliphatic hydroxyl groups is 1. The molecule has 1 rings (SSSR count). The molecule has 1 atom stereocenters. The van der Waals surface area contributed by atoms with E-state index in [0.717, 1.165) is 0 Å². The van der Waals surface area contributed by atoms with Crippen molar-refractivity contribution in [1.29, 1.82) is 0 Å². The third kappa shape index (κ3) is 3.45. The lowest BCUT2D eigenvalue weighted by Gasteiger charge is -2.23. The number of Topliss-reactive ketones (excluding diaryl/α,β-unsaturated/α-hetero) is 1. The van der Waals surface area contributed by atoms with E-state index in [4.69, 9.17) is 16.7 Å². The molecule has 0 bridgehead atoms. The number of carbonyl (C=O) groups excluding carboxylic acids is 1. The molecule has 1 aromatic rings. The fourth-order valence-corrected chi connectivity index (χ4v) is 1.85. The number of phenolic OH excluding ortho intramolecular Hbond substituents is 1. The summed E-state index contributed by atoms with van der Waals surface area (Å²) in [6, 6.07) is 3.05. The van der Waals surface area contributed by atoms with Crippen LogP contribution in [-0.2, 0) is 6.54 Å². The number of halogens is 1. The minimum Gasteiger partial charge on any atom is -0.507 e. The van der Waals surface area contributed by atoms with Crippen LogP contribution < -0.4 is 0 Å². The zero-order valence-electron chi connectivity index (χ0n) is 10.8. The summed E-state index contributed by atoms with van der Waals surface area (Å²) in [6.07, 6.45) is 0. The van der Waals surface area contributed by atoms with Crippen molar-refractivity contribution >= 4 is 17.4 Å². The largest absolute Gasteiger partial charge is 0.507 e. The van der Waals surface area contributed by atoms with Crippen LogP contribution in [0.15, 0.2) is 12.1 Å². The van der Waals surface area contributed by atoms with Crippen molar-refractivity contribution in [3.05, 3.63) is 28.3 Å². The van der Waals surface area contributed by atoms with Gasteiger partial charge in [-0.3, -0.25) is 9.69 Å². The molecule has 5 heteroatoms. The van der Waals surface area contributed by atoms with Gasteiger partial charge in [0.1, 0.15) is 5.75 Å². The van der Waals surface area contributed by atoms with Crippen molar-refractivity contribution in [2.75, 3.05) is 13.7 Å². The normalized spacial score (nSPS) is 12.8. The highest BCUT2D eigenvalue weighted by atomic mass is 35.5. The first-order valence-electron chi connectivity index (χ1n) is 5.70. The van der Waals surface area contributed by atoms with Gasteiger partial charge in [0.15, 0.2) is 5.78 Å². The van der Waals surface area contributed by atoms with Crippen molar-refractivity contribution in [3.8, 4) is 5.75 Å². The number of hydrogen-bond donors (Lipinski definition) is 2. The molecule has 0 radical (unpaired) electrons. The average Bonchev–Trinajstić information content (AvgIpc) is 2.31. The predicted molar refractivity (Wildman–Crippen MR) is 71.1 cm³/mol. The summed E-state index contributed by atoms with van der Waals surface area (Å²) in [6.45, 7) is 3.69. The highest BCUT2D eigenvalue weighted by molar-refractivity contribution is 6.31. The van der Waals surface area contributed by atoms with Crippen LogP contribution in [-0.4, -0.2) is 40.6 Å². The fraction of sp³-hybridized carbons (Fsp3) is 0.462. The fourth-order valence-electron chi connectivity index (χ4n) is 1.61. The number of hydrogen-bond acceptors (Lipinski definition) is 4. The van der Waals surface area contributed by atoms with Gasteiger partial charge in [0.2, 0.25) is 0 Å². The van der Waals surface area contributed by atoms with Crippen LogP contribution in [0.5, 0.6) is 5.75 Å². The highest BCUT2D eigenvalue weighted by Gasteiger charge is 2.16. The quantitative estimate of drug-likeness (QED) is 0.805. The van der Waals surface area contributed by atoms with Crippen LogP contribution >= 0.6 is 11.6 Å². The van der Waals surface area contributed by atoms with Crippen molar-refractivity contribution in [2.24, 2.45) is 0 Å². The number of aliphatic hydroxyl groups excluding tert-OH is 1. The van der Waals surface area contributed by atoms with E-state index >= 15 is 0 Å². The van der Waals surface area contributed by atoms with Crippen LogP contribution in [0.25, 0.3) is 0 Å². The summed E-state index contributed by atoms with van der Waals surface area (Å²) < 4.78 is 0. The van der Waals surface area contributed by atoms with E-state index in [0.29, 0.717) is 17.1 Å². The summed E-state index contributed by atoms with van der Waals surface area (Å²) in [5, 5.41) is 19.5. The first kappa shape index (κ1) is 15.0. The van der Waals surface area contributed by atoms with E-state index in [9.17, 15) is 9.90 Å². The number of carbonyl (C=O) groups is 1. The van der Waals surface area contributed by atoms with E-state index in [1.165, 1.54) is 13.0 Å². The van der Waals surface area contributed by atoms with E-state index in [1.807, 2.05) is 18.9 Å². The molecule has 0 aliphatic carbocycles. The molecule has 0 aliphatic rings. The summed E-state index contributed by atoms with van der Waals surface area (Å²) in [7, 11) is 1.83. The van der Waals surface area contributed by atoms with E-state index in [2.05, 4.69) is 0 Å². The Morgan fingerprint density at radius 1 is 1.50 bits per heavy atom. The Bertz CT molecular complexity index is 448. The second-order valence-corrected chi connectivity index (χ2v) is 4.90. The lowest BCUT2D eigenvalue weighted by molar-refractivity contribution is 0.101. The van der Waals surface area contributed by atoms with Crippen molar-refractivity contribution in [2.45, 2.75) is 26.4 Å². The van der Waals surface area contributed by atoms with Crippen molar-refractivity contribution < 1.29 is 15.0 Å². The molecular formula is C13H18ClNO3. The number of likely N-dealkylation sites (N-methyl/N-ethyl adjacent to an activating group) is 1. The monoisotopic (exact) mass is 271 g/mol. The number of rotatable bonds is 5. The predicted octanol–water partition coefficient (Wildman–Crippen LogP) is 2.06. The maximum absolute atomic E-state index is 11.4. The molecule has 0 spiro atoms. The molecule has 0 fully saturated rings. The number of phenols is 1. The Hall–Kier alpha value is -1.10. The SMILES string of the molecule is CC(=O)c1cc(Cl)cc(CN(C)C(C)CO)c1O. The minimum atomic E-state index is -0.228. The van der Waals surface area contributed by atoms with Crippen LogP contribution in [0.3, 0.4) is 0 Å². The third-order valence-corrected chi connectivity index (χ3v) is 3.19. The van der Waals surface area contributed by atoms with Crippen molar-refractivity contribution in [1.82, 2.24) is 4.90 Å². The number of nitrogens with zero attached hydrogens (tertiary/aromatic N) is 1. The Kier molecular flexibility index (Phi) is 5.14. The lowest BCUT2D eigenvalue weighted by Crippen LogP contribution is -2.31. The van der Waals surface area contributed by atoms with Gasteiger partial charge in [0.05, 0.1) is 12.2 Å². The molecule has 4 nitrogen and oxygen atoms in total. The second-order valence-electron chi connectivity index (χ2n) is 4.46. The number of benzene rings is 1. The molecule has 2 N–H and O–H groups in total. The molecule has 0 heterocycles. The van der Waals surface area contributed by atoms with Crippen LogP contribution in [0, 0.1) is 0 Å². The smallest absolute Gasteiger partial charge is 0.163 e. The van der Waals surface area contributed by atoms with Crippen LogP contribution in [0.2, 0.25) is 5.02 Å². The Balaban J connectivity index is 3.06. The van der Waals surface area contributed by atoms with Crippen LogP contribution in [0.1, 0.15) is 29.8 Å². The van der Waals surface area contributed by atoms with Gasteiger partial charge < -0.3 is 10.2 Å². The molecule has 0 saturated heterocycles. The van der Waals surface area contributed by atoms with E-state index in [-0.39, 0.29) is 29.7 Å². The molecule has 1 aromatic carbocycles. The Morgan fingerprint density at radius 2 is 2.11 bits per heavy atom. The van der Waals surface area contributed by atoms with Gasteiger partial charge in [-0.15, -0.1) is 0 Å². The summed E-state index contributed by atoms with van der Waals surface area (Å²) in [5.74, 6) is -0.266. The minimum absolute atomic E-state index is 0.0252. The van der Waals surface area contributed by atoms with Gasteiger partial charge in [-0.1, -0.05) is 11.6 Å². The molecular weight excluding hydrogens is 254 g/mol. The summed E-state index contributed by atoms with van der Waals surface area (Å²) in [5.41, 5.74) is 0.804. The first-order valence-corrected chi connectivity index (χ1v) is 6.08. The third-order valence-electron chi connectivity index (χ3n) is 2.97. The van der Waals surface area contributed by atoms with Gasteiger partial charge >= 0.3 is 0 Å². The van der Waals surface area contributed by atoms with E-state index in [1.54, 1.807) is 6.07 Å². The molecule has 0 aromatic heterocycles. The van der Waals surface area contributed by atoms with Crippen LogP contribution in [0.4, 0.5) is 0 Å². The van der Waals surface area contributed by atoms with Gasteiger partial charge in [0.25, 0.3) is 0 Å². The molecule has 0 saturated carbocycles. The maximum Gasteiger partial charge on any atom is 0.163 e. The second kappa shape index (κ2) is 6.18. The highest BCUT2D eigenvalue weighted by Crippen LogP contribution is 2.28. The van der Waals surface area contributed by atoms with Gasteiger partial charge in [-0.05, 0) is 33.0 Å². The Labute approximate surface area is 112 Å². The molecule has 0 amide bonds. The lowest BCUT2D eigenvalue weighted by atomic mass is 10.1. The zero-order chi connectivity index (χ0) is 13.9.